The monoisotopic (exact) mass is 322 g/mol. The molecule has 1 saturated heterocycles. The van der Waals surface area contributed by atoms with Gasteiger partial charge in [-0.25, -0.2) is 4.98 Å². The number of anilines is 2. The van der Waals surface area contributed by atoms with Crippen LogP contribution in [-0.2, 0) is 6.42 Å². The Hall–Kier alpha value is -1.30. The summed E-state index contributed by atoms with van der Waals surface area (Å²) in [5, 5.41) is 3.96. The second kappa shape index (κ2) is 6.64. The van der Waals surface area contributed by atoms with Crippen LogP contribution in [0.1, 0.15) is 5.56 Å². The van der Waals surface area contributed by atoms with Crippen molar-refractivity contribution in [3.63, 3.8) is 0 Å². The van der Waals surface area contributed by atoms with E-state index in [9.17, 15) is 0 Å². The van der Waals surface area contributed by atoms with E-state index in [1.54, 1.807) is 11.3 Å². The quantitative estimate of drug-likeness (QED) is 0.940. The maximum absolute atomic E-state index is 6.43. The van der Waals surface area contributed by atoms with E-state index in [0.29, 0.717) is 6.54 Å². The highest BCUT2D eigenvalue weighted by atomic mass is 35.5. The van der Waals surface area contributed by atoms with Crippen LogP contribution in [0.2, 0.25) is 5.02 Å². The number of rotatable bonds is 4. The Morgan fingerprint density at radius 3 is 2.57 bits per heavy atom. The topological polar surface area (TPSA) is 45.4 Å². The van der Waals surface area contributed by atoms with Crippen molar-refractivity contribution in [2.75, 3.05) is 42.5 Å². The SMILES string of the molecule is NCCc1ccc(N2CCN(c3nccs3)CC2)c(Cl)c1. The van der Waals surface area contributed by atoms with Gasteiger partial charge in [0.2, 0.25) is 0 Å². The molecule has 0 spiro atoms. The molecule has 112 valence electrons. The summed E-state index contributed by atoms with van der Waals surface area (Å²) >= 11 is 8.12. The molecule has 2 N–H and O–H groups in total. The number of hydrogen-bond acceptors (Lipinski definition) is 5. The molecule has 6 heteroatoms. The number of hydrogen-bond donors (Lipinski definition) is 1. The molecule has 4 nitrogen and oxygen atoms in total. The molecule has 0 atom stereocenters. The molecule has 21 heavy (non-hydrogen) atoms. The van der Waals surface area contributed by atoms with Crippen molar-refractivity contribution in [1.29, 1.82) is 0 Å². The summed E-state index contributed by atoms with van der Waals surface area (Å²) < 4.78 is 0. The minimum absolute atomic E-state index is 0.655. The maximum atomic E-state index is 6.43. The Morgan fingerprint density at radius 1 is 1.19 bits per heavy atom. The van der Waals surface area contributed by atoms with Gasteiger partial charge in [-0.1, -0.05) is 17.7 Å². The summed E-state index contributed by atoms with van der Waals surface area (Å²) in [6.07, 6.45) is 2.73. The third-order valence-electron chi connectivity index (χ3n) is 3.76. The summed E-state index contributed by atoms with van der Waals surface area (Å²) in [6, 6.07) is 6.28. The van der Waals surface area contributed by atoms with Gasteiger partial charge in [0.15, 0.2) is 5.13 Å². The molecule has 1 aliphatic heterocycles. The first kappa shape index (κ1) is 14.6. The van der Waals surface area contributed by atoms with Gasteiger partial charge in [0.25, 0.3) is 0 Å². The number of aromatic nitrogens is 1. The van der Waals surface area contributed by atoms with Crippen LogP contribution in [0.3, 0.4) is 0 Å². The normalized spacial score (nSPS) is 15.5. The molecule has 0 bridgehead atoms. The predicted molar refractivity (Wildman–Crippen MR) is 90.8 cm³/mol. The molecule has 2 aromatic rings. The maximum Gasteiger partial charge on any atom is 0.185 e. The third-order valence-corrected chi connectivity index (χ3v) is 4.89. The average molecular weight is 323 g/mol. The fourth-order valence-corrected chi connectivity index (χ4v) is 3.66. The fourth-order valence-electron chi connectivity index (χ4n) is 2.64. The van der Waals surface area contributed by atoms with E-state index in [0.717, 1.165) is 48.4 Å². The molecule has 0 radical (unpaired) electrons. The number of benzene rings is 1. The van der Waals surface area contributed by atoms with E-state index in [-0.39, 0.29) is 0 Å². The lowest BCUT2D eigenvalue weighted by molar-refractivity contribution is 0.652. The van der Waals surface area contributed by atoms with E-state index in [2.05, 4.69) is 26.9 Å². The van der Waals surface area contributed by atoms with Crippen LogP contribution in [0.25, 0.3) is 0 Å². The number of thiazole rings is 1. The molecule has 2 heterocycles. The van der Waals surface area contributed by atoms with Crippen LogP contribution in [-0.4, -0.2) is 37.7 Å². The van der Waals surface area contributed by atoms with Crippen LogP contribution in [0.5, 0.6) is 0 Å². The second-order valence-electron chi connectivity index (χ2n) is 5.11. The van der Waals surface area contributed by atoms with Crippen molar-refractivity contribution in [3.05, 3.63) is 40.4 Å². The summed E-state index contributed by atoms with van der Waals surface area (Å²) in [4.78, 5) is 9.05. The highest BCUT2D eigenvalue weighted by molar-refractivity contribution is 7.13. The van der Waals surface area contributed by atoms with Gasteiger partial charge < -0.3 is 15.5 Å². The van der Waals surface area contributed by atoms with Gasteiger partial charge >= 0.3 is 0 Å². The van der Waals surface area contributed by atoms with Crippen LogP contribution >= 0.6 is 22.9 Å². The summed E-state index contributed by atoms with van der Waals surface area (Å²) in [6.45, 7) is 4.55. The first-order chi connectivity index (χ1) is 10.3. The Balaban J connectivity index is 1.66. The van der Waals surface area contributed by atoms with E-state index in [1.165, 1.54) is 5.56 Å². The molecular formula is C15H19ClN4S. The lowest BCUT2D eigenvalue weighted by Crippen LogP contribution is -2.46. The van der Waals surface area contributed by atoms with Gasteiger partial charge in [-0.05, 0) is 30.7 Å². The molecule has 0 amide bonds. The molecule has 1 aromatic carbocycles. The molecule has 1 aromatic heterocycles. The number of piperazine rings is 1. The number of nitrogens with zero attached hydrogens (tertiary/aromatic N) is 3. The van der Waals surface area contributed by atoms with Crippen LogP contribution in [0, 0.1) is 0 Å². The van der Waals surface area contributed by atoms with E-state index >= 15 is 0 Å². The van der Waals surface area contributed by atoms with Crippen molar-refractivity contribution in [1.82, 2.24) is 4.98 Å². The molecule has 0 saturated carbocycles. The minimum Gasteiger partial charge on any atom is -0.367 e. The highest BCUT2D eigenvalue weighted by Crippen LogP contribution is 2.29. The van der Waals surface area contributed by atoms with E-state index in [4.69, 9.17) is 17.3 Å². The van der Waals surface area contributed by atoms with Crippen molar-refractivity contribution in [2.45, 2.75) is 6.42 Å². The zero-order valence-corrected chi connectivity index (χ0v) is 13.4. The van der Waals surface area contributed by atoms with Crippen molar-refractivity contribution < 1.29 is 0 Å². The molecule has 1 fully saturated rings. The fraction of sp³-hybridized carbons (Fsp3) is 0.400. The molecule has 3 rings (SSSR count). The van der Waals surface area contributed by atoms with Gasteiger partial charge in [0.05, 0.1) is 10.7 Å². The van der Waals surface area contributed by atoms with E-state index in [1.807, 2.05) is 17.6 Å². The Bertz CT molecular complexity index is 579. The first-order valence-electron chi connectivity index (χ1n) is 7.16. The highest BCUT2D eigenvalue weighted by Gasteiger charge is 2.20. The molecular weight excluding hydrogens is 304 g/mol. The molecule has 0 unspecified atom stereocenters. The zero-order chi connectivity index (χ0) is 14.7. The molecule has 1 aliphatic rings. The van der Waals surface area contributed by atoms with Crippen LogP contribution in [0.15, 0.2) is 29.8 Å². The lowest BCUT2D eigenvalue weighted by atomic mass is 10.1. The second-order valence-corrected chi connectivity index (χ2v) is 6.39. The summed E-state index contributed by atoms with van der Waals surface area (Å²) in [5.41, 5.74) is 7.91. The minimum atomic E-state index is 0.655. The Kier molecular flexibility index (Phi) is 4.63. The van der Waals surface area contributed by atoms with Crippen molar-refractivity contribution >= 4 is 33.8 Å². The summed E-state index contributed by atoms with van der Waals surface area (Å²) in [5.74, 6) is 0. The van der Waals surface area contributed by atoms with Crippen molar-refractivity contribution in [2.24, 2.45) is 5.73 Å². The van der Waals surface area contributed by atoms with Gasteiger partial charge in [0.1, 0.15) is 0 Å². The van der Waals surface area contributed by atoms with Gasteiger partial charge in [-0.15, -0.1) is 11.3 Å². The summed E-state index contributed by atoms with van der Waals surface area (Å²) in [7, 11) is 0. The first-order valence-corrected chi connectivity index (χ1v) is 8.41. The standard InChI is InChI=1S/C15H19ClN4S/c16-13-11-12(3-4-17)1-2-14(13)19-6-8-20(9-7-19)15-18-5-10-21-15/h1-2,5,10-11H,3-4,6-9,17H2. The number of halogens is 1. The van der Waals surface area contributed by atoms with Crippen LogP contribution in [0.4, 0.5) is 10.8 Å². The van der Waals surface area contributed by atoms with Crippen molar-refractivity contribution in [3.8, 4) is 0 Å². The van der Waals surface area contributed by atoms with Gasteiger partial charge in [0, 0.05) is 37.8 Å². The number of nitrogens with two attached hydrogens (primary N) is 1. The average Bonchev–Trinajstić information content (AvgIpc) is 3.02. The van der Waals surface area contributed by atoms with Gasteiger partial charge in [-0.2, -0.15) is 0 Å². The third kappa shape index (κ3) is 3.31. The van der Waals surface area contributed by atoms with E-state index < -0.39 is 0 Å². The largest absolute Gasteiger partial charge is 0.367 e. The zero-order valence-electron chi connectivity index (χ0n) is 11.8. The smallest absolute Gasteiger partial charge is 0.185 e. The lowest BCUT2D eigenvalue weighted by Gasteiger charge is -2.36. The van der Waals surface area contributed by atoms with Crippen LogP contribution < -0.4 is 15.5 Å². The van der Waals surface area contributed by atoms with Gasteiger partial charge in [-0.3, -0.25) is 0 Å². The Labute approximate surface area is 134 Å². The predicted octanol–water partition coefficient (Wildman–Crippen LogP) is 2.62. The molecule has 0 aliphatic carbocycles. The Morgan fingerprint density at radius 2 is 1.95 bits per heavy atom.